The standard InChI is InChI=1S/C20H23N3O/c1-15-21-19-8-4-5-9-20(19)23(15)14-18(24)13-22-11-10-16-6-2-3-7-17(16)12-22/h2-9,18,24H,10-14H2,1H3. The number of hydrogen-bond donors (Lipinski definition) is 1. The lowest BCUT2D eigenvalue weighted by molar-refractivity contribution is 0.0922. The molecule has 24 heavy (non-hydrogen) atoms. The van der Waals surface area contributed by atoms with Gasteiger partial charge >= 0.3 is 0 Å². The van der Waals surface area contributed by atoms with Gasteiger partial charge < -0.3 is 9.67 Å². The van der Waals surface area contributed by atoms with E-state index < -0.39 is 6.10 Å². The Morgan fingerprint density at radius 3 is 2.67 bits per heavy atom. The number of fused-ring (bicyclic) bond motifs is 2. The molecule has 1 unspecified atom stereocenters. The van der Waals surface area contributed by atoms with Gasteiger partial charge in [0, 0.05) is 19.6 Å². The van der Waals surface area contributed by atoms with Crippen molar-refractivity contribution in [3.63, 3.8) is 0 Å². The maximum Gasteiger partial charge on any atom is 0.106 e. The van der Waals surface area contributed by atoms with E-state index in [0.29, 0.717) is 13.1 Å². The molecule has 0 amide bonds. The number of aliphatic hydroxyl groups is 1. The predicted molar refractivity (Wildman–Crippen MR) is 95.9 cm³/mol. The van der Waals surface area contributed by atoms with Gasteiger partial charge in [0.25, 0.3) is 0 Å². The number of imidazole rings is 1. The van der Waals surface area contributed by atoms with Gasteiger partial charge in [-0.25, -0.2) is 4.98 Å². The third-order valence-corrected chi connectivity index (χ3v) is 4.92. The molecule has 4 nitrogen and oxygen atoms in total. The summed E-state index contributed by atoms with van der Waals surface area (Å²) in [7, 11) is 0. The van der Waals surface area contributed by atoms with Crippen LogP contribution in [0.3, 0.4) is 0 Å². The topological polar surface area (TPSA) is 41.3 Å². The van der Waals surface area contributed by atoms with Crippen LogP contribution in [0.1, 0.15) is 17.0 Å². The Hall–Kier alpha value is -2.17. The number of aliphatic hydroxyl groups excluding tert-OH is 1. The van der Waals surface area contributed by atoms with Crippen molar-refractivity contribution in [2.75, 3.05) is 13.1 Å². The highest BCUT2D eigenvalue weighted by molar-refractivity contribution is 5.75. The molecule has 3 aromatic rings. The van der Waals surface area contributed by atoms with Gasteiger partial charge in [0.15, 0.2) is 0 Å². The number of para-hydroxylation sites is 2. The lowest BCUT2D eigenvalue weighted by atomic mass is 10.00. The SMILES string of the molecule is Cc1nc2ccccc2n1CC(O)CN1CCc2ccccc2C1. The summed E-state index contributed by atoms with van der Waals surface area (Å²) in [5.41, 5.74) is 4.92. The quantitative estimate of drug-likeness (QED) is 0.803. The van der Waals surface area contributed by atoms with Crippen molar-refractivity contribution < 1.29 is 5.11 Å². The number of nitrogens with zero attached hydrogens (tertiary/aromatic N) is 3. The normalized spacial score (nSPS) is 16.2. The second kappa shape index (κ2) is 6.38. The summed E-state index contributed by atoms with van der Waals surface area (Å²) in [5.74, 6) is 0.958. The minimum Gasteiger partial charge on any atom is -0.390 e. The summed E-state index contributed by atoms with van der Waals surface area (Å²) >= 11 is 0. The summed E-state index contributed by atoms with van der Waals surface area (Å²) < 4.78 is 2.12. The first kappa shape index (κ1) is 15.4. The van der Waals surface area contributed by atoms with Crippen LogP contribution in [0.4, 0.5) is 0 Å². The van der Waals surface area contributed by atoms with Crippen molar-refractivity contribution in [2.24, 2.45) is 0 Å². The van der Waals surface area contributed by atoms with Crippen LogP contribution in [0.5, 0.6) is 0 Å². The van der Waals surface area contributed by atoms with E-state index in [0.717, 1.165) is 36.4 Å². The monoisotopic (exact) mass is 321 g/mol. The molecule has 1 aliphatic rings. The lowest BCUT2D eigenvalue weighted by Crippen LogP contribution is -2.38. The fourth-order valence-electron chi connectivity index (χ4n) is 3.70. The van der Waals surface area contributed by atoms with E-state index in [1.165, 1.54) is 11.1 Å². The fourth-order valence-corrected chi connectivity index (χ4v) is 3.70. The number of hydrogen-bond acceptors (Lipinski definition) is 3. The molecule has 0 bridgehead atoms. The second-order valence-electron chi connectivity index (χ2n) is 6.67. The van der Waals surface area contributed by atoms with Gasteiger partial charge in [-0.1, -0.05) is 36.4 Å². The number of β-amino-alcohol motifs (C(OH)–C–C–N with tert-alkyl or cyclic N) is 1. The molecular weight excluding hydrogens is 298 g/mol. The highest BCUT2D eigenvalue weighted by Crippen LogP contribution is 2.20. The Morgan fingerprint density at radius 2 is 1.79 bits per heavy atom. The first-order valence-corrected chi connectivity index (χ1v) is 8.60. The molecule has 124 valence electrons. The Labute approximate surface area is 142 Å². The van der Waals surface area contributed by atoms with Crippen molar-refractivity contribution in [1.82, 2.24) is 14.5 Å². The van der Waals surface area contributed by atoms with Gasteiger partial charge in [-0.3, -0.25) is 4.90 Å². The molecule has 2 aromatic carbocycles. The zero-order valence-electron chi connectivity index (χ0n) is 14.0. The molecule has 0 fully saturated rings. The van der Waals surface area contributed by atoms with E-state index in [4.69, 9.17) is 0 Å². The minimum atomic E-state index is -0.397. The second-order valence-corrected chi connectivity index (χ2v) is 6.67. The van der Waals surface area contributed by atoms with E-state index in [2.05, 4.69) is 44.8 Å². The number of rotatable bonds is 4. The third-order valence-electron chi connectivity index (χ3n) is 4.92. The zero-order chi connectivity index (χ0) is 16.5. The van der Waals surface area contributed by atoms with Crippen LogP contribution < -0.4 is 0 Å². The van der Waals surface area contributed by atoms with Crippen LogP contribution in [-0.4, -0.2) is 38.8 Å². The Morgan fingerprint density at radius 1 is 1.04 bits per heavy atom. The molecule has 1 atom stereocenters. The molecule has 4 rings (SSSR count). The van der Waals surface area contributed by atoms with Crippen LogP contribution >= 0.6 is 0 Å². The molecule has 0 saturated carbocycles. The minimum absolute atomic E-state index is 0.397. The average molecular weight is 321 g/mol. The van der Waals surface area contributed by atoms with Gasteiger partial charge in [-0.05, 0) is 36.6 Å². The Balaban J connectivity index is 1.45. The molecule has 1 aromatic heterocycles. The number of aryl methyl sites for hydroxylation is 1. The Bertz CT molecular complexity index is 855. The molecule has 0 radical (unpaired) electrons. The first-order valence-electron chi connectivity index (χ1n) is 8.60. The molecule has 1 aliphatic heterocycles. The van der Waals surface area contributed by atoms with Crippen LogP contribution in [-0.2, 0) is 19.5 Å². The van der Waals surface area contributed by atoms with Crippen molar-refractivity contribution in [2.45, 2.75) is 32.5 Å². The van der Waals surface area contributed by atoms with Crippen LogP contribution in [0.2, 0.25) is 0 Å². The first-order chi connectivity index (χ1) is 11.7. The summed E-state index contributed by atoms with van der Waals surface area (Å²) in [6.45, 7) is 5.23. The smallest absolute Gasteiger partial charge is 0.106 e. The maximum atomic E-state index is 10.6. The summed E-state index contributed by atoms with van der Waals surface area (Å²) in [6, 6.07) is 16.7. The third kappa shape index (κ3) is 2.95. The molecule has 4 heteroatoms. The Kier molecular flexibility index (Phi) is 4.08. The average Bonchev–Trinajstić information content (AvgIpc) is 2.90. The van der Waals surface area contributed by atoms with E-state index in [9.17, 15) is 5.11 Å². The largest absolute Gasteiger partial charge is 0.390 e. The molecule has 0 spiro atoms. The van der Waals surface area contributed by atoms with Crippen LogP contribution in [0.15, 0.2) is 48.5 Å². The molecule has 0 saturated heterocycles. The number of benzene rings is 2. The fraction of sp³-hybridized carbons (Fsp3) is 0.350. The van der Waals surface area contributed by atoms with Gasteiger partial charge in [0.2, 0.25) is 0 Å². The summed E-state index contributed by atoms with van der Waals surface area (Å²) in [5, 5.41) is 10.6. The number of aromatic nitrogens is 2. The molecule has 1 N–H and O–H groups in total. The van der Waals surface area contributed by atoms with Crippen molar-refractivity contribution in [1.29, 1.82) is 0 Å². The van der Waals surface area contributed by atoms with Crippen molar-refractivity contribution >= 4 is 11.0 Å². The zero-order valence-corrected chi connectivity index (χ0v) is 14.0. The highest BCUT2D eigenvalue weighted by atomic mass is 16.3. The maximum absolute atomic E-state index is 10.6. The van der Waals surface area contributed by atoms with Crippen molar-refractivity contribution in [3.05, 3.63) is 65.5 Å². The molecular formula is C20H23N3O. The highest BCUT2D eigenvalue weighted by Gasteiger charge is 2.19. The van der Waals surface area contributed by atoms with E-state index in [-0.39, 0.29) is 0 Å². The summed E-state index contributed by atoms with van der Waals surface area (Å²) in [6.07, 6.45) is 0.669. The van der Waals surface area contributed by atoms with Crippen LogP contribution in [0.25, 0.3) is 11.0 Å². The molecule has 2 heterocycles. The van der Waals surface area contributed by atoms with E-state index in [1.807, 2.05) is 25.1 Å². The van der Waals surface area contributed by atoms with E-state index >= 15 is 0 Å². The van der Waals surface area contributed by atoms with Gasteiger partial charge in [-0.15, -0.1) is 0 Å². The molecule has 0 aliphatic carbocycles. The van der Waals surface area contributed by atoms with Crippen LogP contribution in [0, 0.1) is 6.92 Å². The van der Waals surface area contributed by atoms with Crippen molar-refractivity contribution in [3.8, 4) is 0 Å². The summed E-state index contributed by atoms with van der Waals surface area (Å²) in [4.78, 5) is 6.93. The lowest BCUT2D eigenvalue weighted by Gasteiger charge is -2.30. The van der Waals surface area contributed by atoms with Gasteiger partial charge in [-0.2, -0.15) is 0 Å². The predicted octanol–water partition coefficient (Wildman–Crippen LogP) is 2.76. The van der Waals surface area contributed by atoms with Gasteiger partial charge in [0.1, 0.15) is 5.82 Å². The van der Waals surface area contributed by atoms with Gasteiger partial charge in [0.05, 0.1) is 23.7 Å². The van der Waals surface area contributed by atoms with E-state index in [1.54, 1.807) is 0 Å².